The predicted octanol–water partition coefficient (Wildman–Crippen LogP) is 0.337. The number of hydrogen-bond donors (Lipinski definition) is 3. The van der Waals surface area contributed by atoms with Crippen LogP contribution in [0.1, 0.15) is 0 Å². The Morgan fingerprint density at radius 1 is 1.29 bits per heavy atom. The van der Waals surface area contributed by atoms with Gasteiger partial charge in [0.25, 0.3) is 10.1 Å². The van der Waals surface area contributed by atoms with Crippen molar-refractivity contribution in [2.24, 2.45) is 0 Å². The number of nitrogens with one attached hydrogen (secondary N) is 1. The molecule has 0 heterocycles. The lowest BCUT2D eigenvalue weighted by atomic mass is 10.3. The van der Waals surface area contributed by atoms with Crippen LogP contribution in [0.15, 0.2) is 29.2 Å². The molecule has 5 nitrogen and oxygen atoms in total. The zero-order valence-electron chi connectivity index (χ0n) is 7.34. The van der Waals surface area contributed by atoms with E-state index in [0.29, 0.717) is 0 Å². The molecule has 0 radical (unpaired) electrons. The molecule has 0 amide bonds. The summed E-state index contributed by atoms with van der Waals surface area (Å²) < 4.78 is 30.6. The van der Waals surface area contributed by atoms with Crippen molar-refractivity contribution in [1.29, 1.82) is 0 Å². The van der Waals surface area contributed by atoms with Gasteiger partial charge in [-0.05, 0) is 12.1 Å². The Morgan fingerprint density at radius 3 is 2.50 bits per heavy atom. The lowest BCUT2D eigenvalue weighted by Crippen LogP contribution is -2.09. The molecule has 0 saturated carbocycles. The Balaban J connectivity index is 3.04. The van der Waals surface area contributed by atoms with Crippen molar-refractivity contribution in [2.45, 2.75) is 4.90 Å². The Labute approximate surface area is 82.1 Å². The van der Waals surface area contributed by atoms with Crippen molar-refractivity contribution in [2.75, 3.05) is 18.5 Å². The van der Waals surface area contributed by atoms with Crippen molar-refractivity contribution in [3.8, 4) is 0 Å². The zero-order valence-corrected chi connectivity index (χ0v) is 8.16. The molecule has 0 aliphatic rings. The molecule has 0 spiro atoms. The van der Waals surface area contributed by atoms with E-state index in [4.69, 9.17) is 9.66 Å². The average molecular weight is 217 g/mol. The van der Waals surface area contributed by atoms with Crippen LogP contribution in [0.4, 0.5) is 5.69 Å². The van der Waals surface area contributed by atoms with Gasteiger partial charge in [-0.15, -0.1) is 0 Å². The molecule has 1 aromatic carbocycles. The van der Waals surface area contributed by atoms with Gasteiger partial charge in [-0.25, -0.2) is 0 Å². The maximum Gasteiger partial charge on any atom is 0.296 e. The molecule has 14 heavy (non-hydrogen) atoms. The van der Waals surface area contributed by atoms with E-state index < -0.39 is 10.1 Å². The minimum atomic E-state index is -4.21. The first-order chi connectivity index (χ1) is 6.55. The smallest absolute Gasteiger partial charge is 0.296 e. The van der Waals surface area contributed by atoms with E-state index in [-0.39, 0.29) is 23.7 Å². The van der Waals surface area contributed by atoms with Crippen LogP contribution in [-0.2, 0) is 10.1 Å². The SMILES string of the molecule is O=S(=O)(O)c1ccccc1NCCO. The molecular formula is C8H11NO4S. The highest BCUT2D eigenvalue weighted by Crippen LogP contribution is 2.19. The molecule has 1 aromatic rings. The number of rotatable bonds is 4. The van der Waals surface area contributed by atoms with Crippen LogP contribution < -0.4 is 5.32 Å². The van der Waals surface area contributed by atoms with E-state index in [1.165, 1.54) is 18.2 Å². The second-order valence-corrected chi connectivity index (χ2v) is 4.01. The van der Waals surface area contributed by atoms with Gasteiger partial charge in [0.05, 0.1) is 12.3 Å². The third-order valence-corrected chi connectivity index (χ3v) is 2.50. The summed E-state index contributed by atoms with van der Waals surface area (Å²) in [6.45, 7) is 0.117. The van der Waals surface area contributed by atoms with Gasteiger partial charge in [-0.3, -0.25) is 4.55 Å². The number of anilines is 1. The zero-order chi connectivity index (χ0) is 10.6. The van der Waals surface area contributed by atoms with Gasteiger partial charge in [-0.2, -0.15) is 8.42 Å². The third kappa shape index (κ3) is 2.69. The second-order valence-electron chi connectivity index (χ2n) is 2.62. The minimum Gasteiger partial charge on any atom is -0.395 e. The number of aliphatic hydroxyl groups excluding tert-OH is 1. The molecular weight excluding hydrogens is 206 g/mol. The van der Waals surface area contributed by atoms with Crippen molar-refractivity contribution in [1.82, 2.24) is 0 Å². The summed E-state index contributed by atoms with van der Waals surface area (Å²) in [7, 11) is -4.21. The monoisotopic (exact) mass is 217 g/mol. The fourth-order valence-electron chi connectivity index (χ4n) is 1.03. The van der Waals surface area contributed by atoms with Gasteiger partial charge < -0.3 is 10.4 Å². The maximum absolute atomic E-state index is 10.9. The van der Waals surface area contributed by atoms with Crippen molar-refractivity contribution in [3.05, 3.63) is 24.3 Å². The van der Waals surface area contributed by atoms with E-state index in [0.717, 1.165) is 0 Å². The largest absolute Gasteiger partial charge is 0.395 e. The van der Waals surface area contributed by atoms with Crippen LogP contribution in [0, 0.1) is 0 Å². The van der Waals surface area contributed by atoms with Gasteiger partial charge in [0, 0.05) is 6.54 Å². The Hall–Kier alpha value is -1.11. The van der Waals surface area contributed by atoms with Crippen molar-refractivity contribution >= 4 is 15.8 Å². The average Bonchev–Trinajstić information content (AvgIpc) is 2.14. The van der Waals surface area contributed by atoms with Gasteiger partial charge in [0.2, 0.25) is 0 Å². The molecule has 78 valence electrons. The summed E-state index contributed by atoms with van der Waals surface area (Å²) in [4.78, 5) is -0.187. The first kappa shape index (κ1) is 11.0. The molecule has 0 saturated heterocycles. The van der Waals surface area contributed by atoms with Gasteiger partial charge in [0.15, 0.2) is 0 Å². The molecule has 0 fully saturated rings. The molecule has 3 N–H and O–H groups in total. The fraction of sp³-hybridized carbons (Fsp3) is 0.250. The van der Waals surface area contributed by atoms with Gasteiger partial charge in [0.1, 0.15) is 4.90 Å². The van der Waals surface area contributed by atoms with Gasteiger partial charge >= 0.3 is 0 Å². The first-order valence-electron chi connectivity index (χ1n) is 3.97. The number of hydrogen-bond acceptors (Lipinski definition) is 4. The second kappa shape index (κ2) is 4.41. The van der Waals surface area contributed by atoms with Gasteiger partial charge in [-0.1, -0.05) is 12.1 Å². The van der Waals surface area contributed by atoms with E-state index in [2.05, 4.69) is 5.32 Å². The van der Waals surface area contributed by atoms with Crippen LogP contribution in [-0.4, -0.2) is 31.2 Å². The Kier molecular flexibility index (Phi) is 3.45. The highest BCUT2D eigenvalue weighted by molar-refractivity contribution is 7.86. The lowest BCUT2D eigenvalue weighted by Gasteiger charge is -2.07. The van der Waals surface area contributed by atoms with E-state index >= 15 is 0 Å². The summed E-state index contributed by atoms with van der Waals surface area (Å²) in [5, 5.41) is 11.2. The van der Waals surface area contributed by atoms with Crippen LogP contribution in [0.2, 0.25) is 0 Å². The van der Waals surface area contributed by atoms with Crippen LogP contribution in [0.5, 0.6) is 0 Å². The van der Waals surface area contributed by atoms with E-state index in [1.54, 1.807) is 6.07 Å². The highest BCUT2D eigenvalue weighted by Gasteiger charge is 2.13. The quantitative estimate of drug-likeness (QED) is 0.633. The minimum absolute atomic E-state index is 0.111. The molecule has 0 unspecified atom stereocenters. The van der Waals surface area contributed by atoms with Crippen LogP contribution in [0.25, 0.3) is 0 Å². The summed E-state index contributed by atoms with van der Waals surface area (Å²) in [6, 6.07) is 5.94. The normalized spacial score (nSPS) is 11.3. The molecule has 6 heteroatoms. The molecule has 0 atom stereocenters. The summed E-state index contributed by atoms with van der Waals surface area (Å²) in [6.07, 6.45) is 0. The Morgan fingerprint density at radius 2 is 1.93 bits per heavy atom. The molecule has 1 rings (SSSR count). The summed E-state index contributed by atoms with van der Waals surface area (Å²) in [5.41, 5.74) is 0.282. The number of benzene rings is 1. The number of para-hydroxylation sites is 1. The first-order valence-corrected chi connectivity index (χ1v) is 5.41. The highest BCUT2D eigenvalue weighted by atomic mass is 32.2. The van der Waals surface area contributed by atoms with Crippen LogP contribution in [0.3, 0.4) is 0 Å². The molecule has 0 aromatic heterocycles. The van der Waals surface area contributed by atoms with E-state index in [9.17, 15) is 8.42 Å². The lowest BCUT2D eigenvalue weighted by molar-refractivity contribution is 0.311. The molecule has 0 aliphatic carbocycles. The Bertz CT molecular complexity index is 402. The van der Waals surface area contributed by atoms with E-state index in [1.807, 2.05) is 0 Å². The number of aliphatic hydroxyl groups is 1. The molecule has 0 bridgehead atoms. The van der Waals surface area contributed by atoms with Crippen molar-refractivity contribution < 1.29 is 18.1 Å². The van der Waals surface area contributed by atoms with Crippen LogP contribution >= 0.6 is 0 Å². The fourth-order valence-corrected chi connectivity index (χ4v) is 1.70. The summed E-state index contributed by atoms with van der Waals surface area (Å²) in [5.74, 6) is 0. The van der Waals surface area contributed by atoms with Crippen molar-refractivity contribution in [3.63, 3.8) is 0 Å². The molecule has 0 aliphatic heterocycles. The summed E-state index contributed by atoms with van der Waals surface area (Å²) >= 11 is 0. The maximum atomic E-state index is 10.9. The third-order valence-electron chi connectivity index (χ3n) is 1.59. The standard InChI is InChI=1S/C8H11NO4S/c10-6-5-9-7-3-1-2-4-8(7)14(11,12)13/h1-4,9-10H,5-6H2,(H,11,12,13). The predicted molar refractivity (Wildman–Crippen MR) is 51.8 cm³/mol. The topological polar surface area (TPSA) is 86.6 Å².